The van der Waals surface area contributed by atoms with Gasteiger partial charge in [0.25, 0.3) is 0 Å². The minimum Gasteiger partial charge on any atom is -0.365 e. The van der Waals surface area contributed by atoms with Crippen LogP contribution in [0.3, 0.4) is 0 Å². The second-order valence-corrected chi connectivity index (χ2v) is 5.78. The first kappa shape index (κ1) is 13.4. The van der Waals surface area contributed by atoms with Gasteiger partial charge < -0.3 is 9.88 Å². The molecule has 0 aromatic carbocycles. The van der Waals surface area contributed by atoms with Gasteiger partial charge in [0.15, 0.2) is 0 Å². The zero-order valence-electron chi connectivity index (χ0n) is 11.7. The van der Waals surface area contributed by atoms with Crippen molar-refractivity contribution in [3.8, 4) is 0 Å². The van der Waals surface area contributed by atoms with Gasteiger partial charge in [0.2, 0.25) is 0 Å². The molecule has 1 atom stereocenters. The maximum atomic E-state index is 6.21. The summed E-state index contributed by atoms with van der Waals surface area (Å²) >= 11 is 6.21. The Balaban J connectivity index is 1.75. The van der Waals surface area contributed by atoms with Crippen LogP contribution < -0.4 is 5.32 Å². The smallest absolute Gasteiger partial charge is 0.137 e. The van der Waals surface area contributed by atoms with Crippen LogP contribution in [-0.2, 0) is 6.54 Å². The van der Waals surface area contributed by atoms with Gasteiger partial charge >= 0.3 is 0 Å². The van der Waals surface area contributed by atoms with E-state index in [0.717, 1.165) is 23.8 Å². The summed E-state index contributed by atoms with van der Waals surface area (Å²) in [6.45, 7) is 4.90. The van der Waals surface area contributed by atoms with Gasteiger partial charge in [0.1, 0.15) is 16.8 Å². The molecule has 0 aliphatic heterocycles. The van der Waals surface area contributed by atoms with E-state index in [9.17, 15) is 0 Å². The van der Waals surface area contributed by atoms with Crippen molar-refractivity contribution in [2.75, 3.05) is 5.32 Å². The molecule has 1 fully saturated rings. The quantitative estimate of drug-likeness (QED) is 0.861. The summed E-state index contributed by atoms with van der Waals surface area (Å²) in [4.78, 5) is 13.1. The average Bonchev–Trinajstić information content (AvgIpc) is 3.14. The second kappa shape index (κ2) is 5.40. The first-order valence-corrected chi connectivity index (χ1v) is 7.27. The summed E-state index contributed by atoms with van der Waals surface area (Å²) in [5.74, 6) is 2.22. The van der Waals surface area contributed by atoms with Crippen molar-refractivity contribution < 1.29 is 0 Å². The fourth-order valence-corrected chi connectivity index (χ4v) is 2.34. The van der Waals surface area contributed by atoms with Crippen LogP contribution in [0.2, 0.25) is 5.15 Å². The van der Waals surface area contributed by atoms with E-state index < -0.39 is 0 Å². The lowest BCUT2D eigenvalue weighted by Crippen LogP contribution is -2.23. The molecule has 2 heterocycles. The summed E-state index contributed by atoms with van der Waals surface area (Å²) in [6, 6.07) is 0.237. The Hall–Kier alpha value is -1.62. The number of halogens is 1. The molecule has 3 rings (SSSR count). The molecule has 5 nitrogen and oxygen atoms in total. The first-order valence-electron chi connectivity index (χ1n) is 6.90. The third-order valence-electron chi connectivity index (χ3n) is 3.47. The highest BCUT2D eigenvalue weighted by molar-refractivity contribution is 6.30. The van der Waals surface area contributed by atoms with Crippen molar-refractivity contribution in [1.29, 1.82) is 0 Å². The molecule has 2 aromatic heterocycles. The van der Waals surface area contributed by atoms with Crippen LogP contribution in [0.1, 0.15) is 37.1 Å². The summed E-state index contributed by atoms with van der Waals surface area (Å²) in [6.07, 6.45) is 7.89. The Morgan fingerprint density at radius 2 is 2.25 bits per heavy atom. The molecule has 0 saturated heterocycles. The summed E-state index contributed by atoms with van der Waals surface area (Å²) in [7, 11) is 0. The van der Waals surface area contributed by atoms with Crippen molar-refractivity contribution in [3.05, 3.63) is 35.3 Å². The summed E-state index contributed by atoms with van der Waals surface area (Å²) < 4.78 is 2.04. The van der Waals surface area contributed by atoms with Crippen molar-refractivity contribution in [2.24, 2.45) is 0 Å². The van der Waals surface area contributed by atoms with Crippen LogP contribution in [0.25, 0.3) is 0 Å². The number of anilines is 1. The Bertz CT molecular complexity index is 592. The van der Waals surface area contributed by atoms with Crippen LogP contribution in [0, 0.1) is 6.92 Å². The molecule has 1 saturated carbocycles. The molecule has 2 aromatic rings. The fourth-order valence-electron chi connectivity index (χ4n) is 2.16. The summed E-state index contributed by atoms with van der Waals surface area (Å²) in [5.41, 5.74) is 0.911. The van der Waals surface area contributed by atoms with Gasteiger partial charge in [-0.1, -0.05) is 11.6 Å². The monoisotopic (exact) mass is 291 g/mol. The molecule has 20 heavy (non-hydrogen) atoms. The van der Waals surface area contributed by atoms with E-state index in [1.54, 1.807) is 6.20 Å². The third kappa shape index (κ3) is 2.93. The molecular weight excluding hydrogens is 274 g/mol. The number of imidazole rings is 1. The van der Waals surface area contributed by atoms with Gasteiger partial charge in [-0.15, -0.1) is 0 Å². The molecule has 0 bridgehead atoms. The van der Waals surface area contributed by atoms with Crippen molar-refractivity contribution in [1.82, 2.24) is 19.5 Å². The largest absolute Gasteiger partial charge is 0.365 e. The van der Waals surface area contributed by atoms with Gasteiger partial charge in [0.05, 0.1) is 6.33 Å². The minimum atomic E-state index is 0.237. The molecule has 0 amide bonds. The predicted octanol–water partition coefficient (Wildman–Crippen LogP) is 3.01. The topological polar surface area (TPSA) is 55.6 Å². The van der Waals surface area contributed by atoms with E-state index in [4.69, 9.17) is 11.6 Å². The van der Waals surface area contributed by atoms with Crippen molar-refractivity contribution >= 4 is 17.4 Å². The fraction of sp³-hybridized carbons (Fsp3) is 0.500. The van der Waals surface area contributed by atoms with E-state index in [1.807, 2.05) is 24.0 Å². The first-order chi connectivity index (χ1) is 9.63. The van der Waals surface area contributed by atoms with E-state index in [0.29, 0.717) is 11.1 Å². The average molecular weight is 292 g/mol. The number of nitrogens with zero attached hydrogens (tertiary/aromatic N) is 4. The predicted molar refractivity (Wildman–Crippen MR) is 79.1 cm³/mol. The minimum absolute atomic E-state index is 0.237. The van der Waals surface area contributed by atoms with Crippen molar-refractivity contribution in [3.63, 3.8) is 0 Å². The maximum Gasteiger partial charge on any atom is 0.137 e. The molecule has 6 heteroatoms. The lowest BCUT2D eigenvalue weighted by atomic mass is 10.2. The molecule has 1 aliphatic carbocycles. The number of aromatic nitrogens is 4. The maximum absolute atomic E-state index is 6.21. The number of nitrogens with one attached hydrogen (secondary N) is 1. The third-order valence-corrected chi connectivity index (χ3v) is 3.84. The highest BCUT2D eigenvalue weighted by Gasteiger charge is 2.28. The Labute approximate surface area is 123 Å². The van der Waals surface area contributed by atoms with Gasteiger partial charge in [0, 0.05) is 36.5 Å². The summed E-state index contributed by atoms with van der Waals surface area (Å²) in [5, 5.41) is 3.98. The van der Waals surface area contributed by atoms with E-state index in [2.05, 4.69) is 27.2 Å². The standard InChI is InChI=1S/C14H18ClN5/c1-9(7-20-6-5-16-8-20)17-13-10(2)12(15)18-14(19-13)11-3-4-11/h5-6,8-9,11H,3-4,7H2,1-2H3,(H,17,18,19). The zero-order valence-corrected chi connectivity index (χ0v) is 12.4. The molecular formula is C14H18ClN5. The molecule has 106 valence electrons. The van der Waals surface area contributed by atoms with Crippen LogP contribution in [-0.4, -0.2) is 25.6 Å². The Kier molecular flexibility index (Phi) is 3.61. The van der Waals surface area contributed by atoms with Gasteiger partial charge in [-0.25, -0.2) is 15.0 Å². The van der Waals surface area contributed by atoms with E-state index in [-0.39, 0.29) is 6.04 Å². The number of hydrogen-bond donors (Lipinski definition) is 1. The SMILES string of the molecule is Cc1c(Cl)nc(C2CC2)nc1NC(C)Cn1ccnc1. The molecule has 0 spiro atoms. The van der Waals surface area contributed by atoms with E-state index in [1.165, 1.54) is 12.8 Å². The van der Waals surface area contributed by atoms with Crippen LogP contribution >= 0.6 is 11.6 Å². The van der Waals surface area contributed by atoms with Gasteiger partial charge in [-0.05, 0) is 26.7 Å². The van der Waals surface area contributed by atoms with E-state index >= 15 is 0 Å². The highest BCUT2D eigenvalue weighted by atomic mass is 35.5. The van der Waals surface area contributed by atoms with Crippen LogP contribution in [0.15, 0.2) is 18.7 Å². The second-order valence-electron chi connectivity index (χ2n) is 5.43. The highest BCUT2D eigenvalue weighted by Crippen LogP contribution is 2.39. The van der Waals surface area contributed by atoms with Gasteiger partial charge in [-0.2, -0.15) is 0 Å². The normalized spacial score (nSPS) is 16.1. The Morgan fingerprint density at radius 3 is 2.90 bits per heavy atom. The van der Waals surface area contributed by atoms with Crippen LogP contribution in [0.5, 0.6) is 0 Å². The van der Waals surface area contributed by atoms with Crippen molar-refractivity contribution in [2.45, 2.75) is 45.2 Å². The zero-order chi connectivity index (χ0) is 14.1. The lowest BCUT2D eigenvalue weighted by Gasteiger charge is -2.17. The number of hydrogen-bond acceptors (Lipinski definition) is 4. The number of rotatable bonds is 5. The molecule has 0 radical (unpaired) electrons. The van der Waals surface area contributed by atoms with Crippen LogP contribution in [0.4, 0.5) is 5.82 Å². The molecule has 1 N–H and O–H groups in total. The lowest BCUT2D eigenvalue weighted by molar-refractivity contribution is 0.616. The Morgan fingerprint density at radius 1 is 1.45 bits per heavy atom. The molecule has 1 unspecified atom stereocenters. The molecule has 1 aliphatic rings. The van der Waals surface area contributed by atoms with Gasteiger partial charge in [-0.3, -0.25) is 0 Å².